The molecule has 2 atom stereocenters. The van der Waals surface area contributed by atoms with E-state index in [2.05, 4.69) is 31.9 Å². The molecule has 1 aromatic carbocycles. The van der Waals surface area contributed by atoms with Gasteiger partial charge in [0.1, 0.15) is 11.8 Å². The molecule has 0 radical (unpaired) electrons. The van der Waals surface area contributed by atoms with Crippen LogP contribution in [0, 0.1) is 0 Å². The van der Waals surface area contributed by atoms with Gasteiger partial charge in [0.2, 0.25) is 0 Å². The van der Waals surface area contributed by atoms with Gasteiger partial charge < -0.3 is 10.8 Å². The standard InChI is InChI=1S/C13H19NOS/c1-13(2)10-7-9(15)5-4-8(10)6-11(16-3)12(13)14/h4-5,7,11-12,15H,6,14H2,1-3H3/p+1/t11-,12-/m1/s1. The van der Waals surface area contributed by atoms with Crippen LogP contribution < -0.4 is 5.73 Å². The Kier molecular flexibility index (Phi) is 2.93. The highest BCUT2D eigenvalue weighted by Crippen LogP contribution is 2.40. The number of fused-ring (bicyclic) bond motifs is 1. The summed E-state index contributed by atoms with van der Waals surface area (Å²) in [5, 5.41) is 10.2. The minimum absolute atomic E-state index is 0.0417. The normalized spacial score (nSPS) is 27.5. The molecular formula is C13H20NOS+. The summed E-state index contributed by atoms with van der Waals surface area (Å²) in [6.07, 6.45) is 3.22. The van der Waals surface area contributed by atoms with E-state index >= 15 is 0 Å². The molecule has 0 aromatic heterocycles. The summed E-state index contributed by atoms with van der Waals surface area (Å²) in [6.45, 7) is 4.46. The monoisotopic (exact) mass is 238 g/mol. The Hall–Kier alpha value is -0.670. The molecule has 88 valence electrons. The lowest BCUT2D eigenvalue weighted by Gasteiger charge is -2.40. The van der Waals surface area contributed by atoms with Gasteiger partial charge in [-0.1, -0.05) is 19.9 Å². The van der Waals surface area contributed by atoms with E-state index in [1.165, 1.54) is 11.1 Å². The van der Waals surface area contributed by atoms with Crippen molar-refractivity contribution in [2.75, 3.05) is 6.26 Å². The molecule has 0 spiro atoms. The van der Waals surface area contributed by atoms with E-state index in [0.717, 1.165) is 6.42 Å². The lowest BCUT2D eigenvalue weighted by atomic mass is 9.69. The van der Waals surface area contributed by atoms with Gasteiger partial charge in [-0.25, -0.2) is 0 Å². The summed E-state index contributed by atoms with van der Waals surface area (Å²) in [5.74, 6) is 0.363. The number of phenols is 1. The van der Waals surface area contributed by atoms with E-state index in [1.807, 2.05) is 17.8 Å². The SMILES string of the molecule is CS[C@@H]1Cc2ccc(O)cc2C(C)(C)[C@@H]1[NH3+]. The number of quaternary nitrogens is 1. The summed E-state index contributed by atoms with van der Waals surface area (Å²) in [6, 6.07) is 6.14. The maximum atomic E-state index is 9.60. The first kappa shape index (κ1) is 11.8. The van der Waals surface area contributed by atoms with Gasteiger partial charge in [0, 0.05) is 5.41 Å². The highest BCUT2D eigenvalue weighted by molar-refractivity contribution is 7.99. The summed E-state index contributed by atoms with van der Waals surface area (Å²) in [4.78, 5) is 0. The third kappa shape index (κ3) is 1.72. The van der Waals surface area contributed by atoms with Crippen LogP contribution in [0.4, 0.5) is 0 Å². The summed E-state index contributed by atoms with van der Waals surface area (Å²) < 4.78 is 0. The summed E-state index contributed by atoms with van der Waals surface area (Å²) in [7, 11) is 0. The fourth-order valence-corrected chi connectivity index (χ4v) is 3.63. The van der Waals surface area contributed by atoms with E-state index in [0.29, 0.717) is 17.0 Å². The van der Waals surface area contributed by atoms with Gasteiger partial charge in [-0.15, -0.1) is 0 Å². The van der Waals surface area contributed by atoms with Gasteiger partial charge in [-0.2, -0.15) is 11.8 Å². The molecular weight excluding hydrogens is 218 g/mol. The third-order valence-electron chi connectivity index (χ3n) is 3.89. The van der Waals surface area contributed by atoms with Crippen molar-refractivity contribution in [1.29, 1.82) is 0 Å². The molecule has 0 heterocycles. The second kappa shape index (κ2) is 3.97. The van der Waals surface area contributed by atoms with Crippen molar-refractivity contribution in [2.24, 2.45) is 0 Å². The molecule has 0 unspecified atom stereocenters. The van der Waals surface area contributed by atoms with Crippen LogP contribution in [0.25, 0.3) is 0 Å². The number of benzene rings is 1. The number of hydrogen-bond donors (Lipinski definition) is 2. The lowest BCUT2D eigenvalue weighted by molar-refractivity contribution is -0.435. The Bertz CT molecular complexity index is 403. The lowest BCUT2D eigenvalue weighted by Crippen LogP contribution is -2.74. The van der Waals surface area contributed by atoms with Crippen molar-refractivity contribution >= 4 is 11.8 Å². The van der Waals surface area contributed by atoms with Crippen LogP contribution in [0.5, 0.6) is 5.75 Å². The first-order chi connectivity index (χ1) is 7.46. The van der Waals surface area contributed by atoms with Crippen molar-refractivity contribution in [3.8, 4) is 5.75 Å². The molecule has 0 fully saturated rings. The molecule has 3 heteroatoms. The Morgan fingerprint density at radius 1 is 1.44 bits per heavy atom. The topological polar surface area (TPSA) is 47.9 Å². The first-order valence-electron chi connectivity index (χ1n) is 5.65. The minimum atomic E-state index is 0.0417. The predicted octanol–water partition coefficient (Wildman–Crippen LogP) is 1.57. The smallest absolute Gasteiger partial charge is 0.115 e. The van der Waals surface area contributed by atoms with Gasteiger partial charge in [-0.05, 0) is 35.9 Å². The number of aromatic hydroxyl groups is 1. The van der Waals surface area contributed by atoms with Gasteiger partial charge in [0.25, 0.3) is 0 Å². The third-order valence-corrected chi connectivity index (χ3v) is 4.99. The zero-order valence-corrected chi connectivity index (χ0v) is 11.0. The maximum absolute atomic E-state index is 9.60. The number of hydrogen-bond acceptors (Lipinski definition) is 2. The quantitative estimate of drug-likeness (QED) is 0.780. The van der Waals surface area contributed by atoms with Gasteiger partial charge >= 0.3 is 0 Å². The molecule has 1 aliphatic rings. The minimum Gasteiger partial charge on any atom is -0.508 e. The van der Waals surface area contributed by atoms with Crippen molar-refractivity contribution in [1.82, 2.24) is 0 Å². The van der Waals surface area contributed by atoms with Crippen LogP contribution in [-0.4, -0.2) is 22.7 Å². The van der Waals surface area contributed by atoms with Crippen LogP contribution in [0.2, 0.25) is 0 Å². The summed E-state index contributed by atoms with van der Waals surface area (Å²) >= 11 is 1.90. The molecule has 0 amide bonds. The van der Waals surface area contributed by atoms with Gasteiger partial charge in [0.05, 0.1) is 5.25 Å². The molecule has 0 aliphatic heterocycles. The molecule has 0 saturated heterocycles. The van der Waals surface area contributed by atoms with E-state index in [1.54, 1.807) is 6.07 Å². The van der Waals surface area contributed by atoms with Gasteiger partial charge in [0.15, 0.2) is 0 Å². The van der Waals surface area contributed by atoms with Crippen LogP contribution in [0.3, 0.4) is 0 Å². The molecule has 2 nitrogen and oxygen atoms in total. The zero-order chi connectivity index (χ0) is 11.9. The Morgan fingerprint density at radius 2 is 2.12 bits per heavy atom. The summed E-state index contributed by atoms with van der Waals surface area (Å²) in [5.41, 5.74) is 7.00. The van der Waals surface area contributed by atoms with E-state index in [-0.39, 0.29) is 5.41 Å². The Morgan fingerprint density at radius 3 is 2.75 bits per heavy atom. The molecule has 4 N–H and O–H groups in total. The van der Waals surface area contributed by atoms with E-state index in [4.69, 9.17) is 0 Å². The number of phenolic OH excluding ortho intramolecular Hbond substituents is 1. The molecule has 0 bridgehead atoms. The fourth-order valence-electron chi connectivity index (χ4n) is 2.61. The number of thioether (sulfide) groups is 1. The highest BCUT2D eigenvalue weighted by Gasteiger charge is 2.42. The molecule has 16 heavy (non-hydrogen) atoms. The molecule has 1 aromatic rings. The largest absolute Gasteiger partial charge is 0.508 e. The average Bonchev–Trinajstić information content (AvgIpc) is 2.25. The van der Waals surface area contributed by atoms with Gasteiger partial charge in [-0.3, -0.25) is 0 Å². The maximum Gasteiger partial charge on any atom is 0.115 e. The van der Waals surface area contributed by atoms with Crippen LogP contribution in [0.1, 0.15) is 25.0 Å². The van der Waals surface area contributed by atoms with Crippen LogP contribution in [0.15, 0.2) is 18.2 Å². The van der Waals surface area contributed by atoms with Crippen molar-refractivity contribution < 1.29 is 10.8 Å². The Labute approximate surface area is 101 Å². The first-order valence-corrected chi connectivity index (χ1v) is 6.94. The highest BCUT2D eigenvalue weighted by atomic mass is 32.2. The van der Waals surface area contributed by atoms with Crippen molar-refractivity contribution in [2.45, 2.75) is 37.0 Å². The number of rotatable bonds is 1. The van der Waals surface area contributed by atoms with E-state index < -0.39 is 0 Å². The van der Waals surface area contributed by atoms with Crippen LogP contribution >= 0.6 is 11.8 Å². The predicted molar refractivity (Wildman–Crippen MR) is 68.8 cm³/mol. The van der Waals surface area contributed by atoms with Crippen molar-refractivity contribution in [3.63, 3.8) is 0 Å². The average molecular weight is 238 g/mol. The molecule has 0 saturated carbocycles. The zero-order valence-electron chi connectivity index (χ0n) is 10.2. The second-order valence-electron chi connectivity index (χ2n) is 5.15. The van der Waals surface area contributed by atoms with Crippen LogP contribution in [-0.2, 0) is 11.8 Å². The Balaban J connectivity index is 2.52. The fraction of sp³-hybridized carbons (Fsp3) is 0.538. The van der Waals surface area contributed by atoms with Crippen molar-refractivity contribution in [3.05, 3.63) is 29.3 Å². The molecule has 2 rings (SSSR count). The van der Waals surface area contributed by atoms with E-state index in [9.17, 15) is 5.11 Å². The second-order valence-corrected chi connectivity index (χ2v) is 6.22. The molecule has 1 aliphatic carbocycles.